The summed E-state index contributed by atoms with van der Waals surface area (Å²) in [5, 5.41) is 11.4. The summed E-state index contributed by atoms with van der Waals surface area (Å²) >= 11 is 0. The second-order valence-corrected chi connectivity index (χ2v) is 4.56. The SMILES string of the molecule is CN1C(=O)[C@@H]2CCN(CC(N)=NO)C[C@H]2C1=O. The predicted octanol–water partition coefficient (Wildman–Crippen LogP) is -1.33. The minimum absolute atomic E-state index is 0.0801. The number of likely N-dealkylation sites (tertiary alicyclic amines) is 2. The van der Waals surface area contributed by atoms with Crippen LogP contribution < -0.4 is 5.73 Å². The Morgan fingerprint density at radius 3 is 2.76 bits per heavy atom. The molecule has 2 rings (SSSR count). The lowest BCUT2D eigenvalue weighted by atomic mass is 9.88. The summed E-state index contributed by atoms with van der Waals surface area (Å²) in [6.45, 7) is 1.50. The van der Waals surface area contributed by atoms with E-state index >= 15 is 0 Å². The van der Waals surface area contributed by atoms with Gasteiger partial charge >= 0.3 is 0 Å². The number of oxime groups is 1. The van der Waals surface area contributed by atoms with Crippen molar-refractivity contribution in [2.45, 2.75) is 6.42 Å². The lowest BCUT2D eigenvalue weighted by Gasteiger charge is -2.31. The van der Waals surface area contributed by atoms with Gasteiger partial charge in [-0.3, -0.25) is 19.4 Å². The molecular formula is C10H16N4O3. The molecule has 2 fully saturated rings. The topological polar surface area (TPSA) is 99.2 Å². The van der Waals surface area contributed by atoms with Crippen LogP contribution in [0.25, 0.3) is 0 Å². The second-order valence-electron chi connectivity index (χ2n) is 4.56. The maximum atomic E-state index is 11.8. The van der Waals surface area contributed by atoms with Crippen LogP contribution in [0.15, 0.2) is 5.16 Å². The number of imide groups is 1. The Kier molecular flexibility index (Phi) is 3.01. The van der Waals surface area contributed by atoms with E-state index in [-0.39, 0.29) is 29.5 Å². The Balaban J connectivity index is 2.05. The summed E-state index contributed by atoms with van der Waals surface area (Å²) in [5.74, 6) is -0.537. The highest BCUT2D eigenvalue weighted by atomic mass is 16.4. The van der Waals surface area contributed by atoms with E-state index in [1.807, 2.05) is 4.90 Å². The molecule has 2 amide bonds. The van der Waals surface area contributed by atoms with Crippen LogP contribution in [-0.2, 0) is 9.59 Å². The van der Waals surface area contributed by atoms with Crippen molar-refractivity contribution >= 4 is 17.6 Å². The Labute approximate surface area is 98.8 Å². The molecule has 0 aromatic rings. The van der Waals surface area contributed by atoms with E-state index in [1.54, 1.807) is 0 Å². The average Bonchev–Trinajstić information content (AvgIpc) is 2.54. The lowest BCUT2D eigenvalue weighted by Crippen LogP contribution is -2.45. The zero-order chi connectivity index (χ0) is 12.6. The third-order valence-corrected chi connectivity index (χ3v) is 3.51. The molecule has 2 aliphatic heterocycles. The molecule has 3 N–H and O–H groups in total. The number of carbonyl (C=O) groups is 2. The number of hydrogen-bond donors (Lipinski definition) is 2. The summed E-state index contributed by atoms with van der Waals surface area (Å²) < 4.78 is 0. The molecule has 0 saturated carbocycles. The largest absolute Gasteiger partial charge is 0.409 e. The van der Waals surface area contributed by atoms with Gasteiger partial charge in [0.1, 0.15) is 0 Å². The third-order valence-electron chi connectivity index (χ3n) is 3.51. The minimum atomic E-state index is -0.271. The van der Waals surface area contributed by atoms with Gasteiger partial charge in [0.05, 0.1) is 18.4 Å². The fourth-order valence-electron chi connectivity index (χ4n) is 2.58. The van der Waals surface area contributed by atoms with Crippen LogP contribution in [0.4, 0.5) is 0 Å². The van der Waals surface area contributed by atoms with E-state index in [0.717, 1.165) is 0 Å². The molecule has 0 aliphatic carbocycles. The highest BCUT2D eigenvalue weighted by Crippen LogP contribution is 2.32. The summed E-state index contributed by atoms with van der Waals surface area (Å²) in [7, 11) is 1.52. The van der Waals surface area contributed by atoms with Gasteiger partial charge in [-0.05, 0) is 13.0 Å². The predicted molar refractivity (Wildman–Crippen MR) is 59.2 cm³/mol. The van der Waals surface area contributed by atoms with Crippen molar-refractivity contribution < 1.29 is 14.8 Å². The Bertz CT molecular complexity index is 382. The summed E-state index contributed by atoms with van der Waals surface area (Å²) in [4.78, 5) is 26.7. The molecule has 2 heterocycles. The first kappa shape index (κ1) is 11.8. The number of carbonyl (C=O) groups excluding carboxylic acids is 2. The molecule has 17 heavy (non-hydrogen) atoms. The van der Waals surface area contributed by atoms with Crippen LogP contribution in [0, 0.1) is 11.8 Å². The molecule has 0 radical (unpaired) electrons. The second kappa shape index (κ2) is 4.33. The molecule has 0 aromatic heterocycles. The summed E-state index contributed by atoms with van der Waals surface area (Å²) in [6, 6.07) is 0. The number of nitrogens with two attached hydrogens (primary N) is 1. The van der Waals surface area contributed by atoms with Crippen LogP contribution in [0.5, 0.6) is 0 Å². The van der Waals surface area contributed by atoms with Gasteiger partial charge < -0.3 is 10.9 Å². The first-order chi connectivity index (χ1) is 8.04. The zero-order valence-corrected chi connectivity index (χ0v) is 9.67. The van der Waals surface area contributed by atoms with Gasteiger partial charge in [0, 0.05) is 13.6 Å². The number of nitrogens with zero attached hydrogens (tertiary/aromatic N) is 3. The van der Waals surface area contributed by atoms with Crippen molar-refractivity contribution in [2.24, 2.45) is 22.7 Å². The molecule has 0 spiro atoms. The quantitative estimate of drug-likeness (QED) is 0.205. The Morgan fingerprint density at radius 1 is 1.47 bits per heavy atom. The van der Waals surface area contributed by atoms with Crippen LogP contribution in [-0.4, -0.2) is 59.3 Å². The number of amidine groups is 1. The number of hydrogen-bond acceptors (Lipinski definition) is 5. The van der Waals surface area contributed by atoms with Gasteiger partial charge in [-0.1, -0.05) is 5.16 Å². The zero-order valence-electron chi connectivity index (χ0n) is 9.67. The van der Waals surface area contributed by atoms with Crippen molar-refractivity contribution in [2.75, 3.05) is 26.7 Å². The number of fused-ring (bicyclic) bond motifs is 1. The fourth-order valence-corrected chi connectivity index (χ4v) is 2.58. The first-order valence-corrected chi connectivity index (χ1v) is 5.54. The molecule has 7 heteroatoms. The smallest absolute Gasteiger partial charge is 0.234 e. The van der Waals surface area contributed by atoms with Crippen molar-refractivity contribution in [1.82, 2.24) is 9.80 Å². The van der Waals surface area contributed by atoms with Gasteiger partial charge in [-0.15, -0.1) is 0 Å². The number of rotatable bonds is 2. The van der Waals surface area contributed by atoms with E-state index in [0.29, 0.717) is 26.1 Å². The van der Waals surface area contributed by atoms with Crippen LogP contribution >= 0.6 is 0 Å². The van der Waals surface area contributed by atoms with E-state index < -0.39 is 0 Å². The van der Waals surface area contributed by atoms with E-state index in [2.05, 4.69) is 5.16 Å². The Hall–Kier alpha value is -1.63. The fraction of sp³-hybridized carbons (Fsp3) is 0.700. The summed E-state index contributed by atoms with van der Waals surface area (Å²) in [5.41, 5.74) is 5.43. The first-order valence-electron chi connectivity index (χ1n) is 5.54. The molecule has 94 valence electrons. The van der Waals surface area contributed by atoms with Gasteiger partial charge in [-0.25, -0.2) is 0 Å². The molecular weight excluding hydrogens is 224 g/mol. The van der Waals surface area contributed by atoms with Gasteiger partial charge in [0.2, 0.25) is 11.8 Å². The normalized spacial score (nSPS) is 30.9. The van der Waals surface area contributed by atoms with Crippen molar-refractivity contribution in [3.63, 3.8) is 0 Å². The Morgan fingerprint density at radius 2 is 2.12 bits per heavy atom. The maximum absolute atomic E-state index is 11.8. The highest BCUT2D eigenvalue weighted by molar-refractivity contribution is 6.05. The van der Waals surface area contributed by atoms with Crippen molar-refractivity contribution in [1.29, 1.82) is 0 Å². The van der Waals surface area contributed by atoms with E-state index in [4.69, 9.17) is 10.9 Å². The minimum Gasteiger partial charge on any atom is -0.409 e. The molecule has 0 unspecified atom stereocenters. The van der Waals surface area contributed by atoms with Gasteiger partial charge in [-0.2, -0.15) is 0 Å². The van der Waals surface area contributed by atoms with Crippen LogP contribution in [0.3, 0.4) is 0 Å². The maximum Gasteiger partial charge on any atom is 0.234 e. The van der Waals surface area contributed by atoms with Crippen molar-refractivity contribution in [3.8, 4) is 0 Å². The highest BCUT2D eigenvalue weighted by Gasteiger charge is 2.48. The van der Waals surface area contributed by atoms with Crippen LogP contribution in [0.1, 0.15) is 6.42 Å². The molecule has 7 nitrogen and oxygen atoms in total. The van der Waals surface area contributed by atoms with E-state index in [9.17, 15) is 9.59 Å². The van der Waals surface area contributed by atoms with Crippen molar-refractivity contribution in [3.05, 3.63) is 0 Å². The summed E-state index contributed by atoms with van der Waals surface area (Å²) in [6.07, 6.45) is 0.651. The standard InChI is InChI=1S/C10H16N4O3/c1-13-9(15)6-2-3-14(5-8(11)12-17)4-7(6)10(13)16/h6-7,17H,2-5H2,1H3,(H2,11,12)/t6-,7-/m1/s1. The third kappa shape index (κ3) is 1.97. The average molecular weight is 240 g/mol. The lowest BCUT2D eigenvalue weighted by molar-refractivity contribution is -0.138. The molecule has 2 saturated heterocycles. The molecule has 0 aromatic carbocycles. The van der Waals surface area contributed by atoms with Gasteiger partial charge in [0.25, 0.3) is 0 Å². The number of piperidine rings is 1. The molecule has 2 aliphatic rings. The molecule has 0 bridgehead atoms. The van der Waals surface area contributed by atoms with Crippen LogP contribution in [0.2, 0.25) is 0 Å². The van der Waals surface area contributed by atoms with E-state index in [1.165, 1.54) is 11.9 Å². The number of amides is 2. The monoisotopic (exact) mass is 240 g/mol. The van der Waals surface area contributed by atoms with Gasteiger partial charge in [0.15, 0.2) is 5.84 Å². The molecule has 2 atom stereocenters.